The Morgan fingerprint density at radius 3 is 2.45 bits per heavy atom. The van der Waals surface area contributed by atoms with Crippen molar-refractivity contribution in [3.05, 3.63) is 64.1 Å². The molecule has 6 rings (SSSR count). The maximum atomic E-state index is 13.8. The van der Waals surface area contributed by atoms with Crippen molar-refractivity contribution in [2.24, 2.45) is 0 Å². The van der Waals surface area contributed by atoms with E-state index in [4.69, 9.17) is 9.15 Å². The third-order valence-electron chi connectivity index (χ3n) is 8.68. The number of para-hydroxylation sites is 1. The Balaban J connectivity index is 1.17. The van der Waals surface area contributed by atoms with E-state index in [0.717, 1.165) is 29.9 Å². The number of piperazine rings is 1. The Morgan fingerprint density at radius 2 is 1.71 bits per heavy atom. The van der Waals surface area contributed by atoms with Crippen molar-refractivity contribution in [2.45, 2.75) is 50.8 Å². The smallest absolute Gasteiger partial charge is 0.417 e. The second kappa shape index (κ2) is 11.2. The number of hydrogen-bond acceptors (Lipinski definition) is 7. The van der Waals surface area contributed by atoms with Crippen LogP contribution < -0.4 is 16.4 Å². The molecule has 3 N–H and O–H groups in total. The molecule has 0 saturated carbocycles. The van der Waals surface area contributed by atoms with Crippen molar-refractivity contribution in [1.82, 2.24) is 25.0 Å². The van der Waals surface area contributed by atoms with Gasteiger partial charge in [-0.05, 0) is 37.6 Å². The number of carbonyl (C=O) groups is 3. The van der Waals surface area contributed by atoms with Gasteiger partial charge in [-0.25, -0.2) is 14.4 Å². The zero-order chi connectivity index (χ0) is 29.4. The van der Waals surface area contributed by atoms with Crippen molar-refractivity contribution in [2.75, 3.05) is 44.6 Å². The predicted molar refractivity (Wildman–Crippen MR) is 155 cm³/mol. The molecule has 0 aliphatic carbocycles. The first kappa shape index (κ1) is 27.8. The molecule has 1 aromatic heterocycles. The van der Waals surface area contributed by atoms with Gasteiger partial charge in [-0.1, -0.05) is 24.3 Å². The van der Waals surface area contributed by atoms with E-state index in [0.29, 0.717) is 56.2 Å². The van der Waals surface area contributed by atoms with Crippen LogP contribution in [0.4, 0.5) is 15.3 Å². The van der Waals surface area contributed by atoms with Crippen LogP contribution in [0.25, 0.3) is 11.1 Å². The number of H-pyrrole nitrogens is 1. The largest absolute Gasteiger partial charge is 0.438 e. The first-order valence-electron chi connectivity index (χ1n) is 14.5. The lowest BCUT2D eigenvalue weighted by Crippen LogP contribution is -2.59. The Kier molecular flexibility index (Phi) is 7.40. The predicted octanol–water partition coefficient (Wildman–Crippen LogP) is 2.85. The summed E-state index contributed by atoms with van der Waals surface area (Å²) in [6.07, 6.45) is 0.645. The van der Waals surface area contributed by atoms with Crippen LogP contribution in [0.3, 0.4) is 0 Å². The highest BCUT2D eigenvalue weighted by Gasteiger charge is 2.45. The summed E-state index contributed by atoms with van der Waals surface area (Å²) in [4.78, 5) is 59.8. The van der Waals surface area contributed by atoms with Gasteiger partial charge in [-0.15, -0.1) is 0 Å². The van der Waals surface area contributed by atoms with Crippen LogP contribution in [-0.2, 0) is 21.6 Å². The van der Waals surface area contributed by atoms with Crippen LogP contribution in [-0.4, -0.2) is 89.1 Å². The van der Waals surface area contributed by atoms with Crippen molar-refractivity contribution >= 4 is 34.8 Å². The minimum absolute atomic E-state index is 0.142. The molecule has 0 bridgehead atoms. The lowest BCUT2D eigenvalue weighted by Gasteiger charge is -2.44. The summed E-state index contributed by atoms with van der Waals surface area (Å²) in [5.41, 5.74) is 2.58. The van der Waals surface area contributed by atoms with Gasteiger partial charge in [0.1, 0.15) is 11.6 Å². The number of likely N-dealkylation sites (tertiary alicyclic amines) is 1. The number of hydrogen-bond donors (Lipinski definition) is 3. The molecule has 42 heavy (non-hydrogen) atoms. The Bertz CT molecular complexity index is 1550. The molecular formula is C30H36N6O6. The van der Waals surface area contributed by atoms with Crippen LogP contribution in [0, 0.1) is 0 Å². The molecule has 12 nitrogen and oxygen atoms in total. The maximum absolute atomic E-state index is 13.8. The molecule has 4 amide bonds. The van der Waals surface area contributed by atoms with Gasteiger partial charge in [-0.2, -0.15) is 0 Å². The quantitative estimate of drug-likeness (QED) is 0.424. The van der Waals surface area contributed by atoms with Crippen molar-refractivity contribution in [3.63, 3.8) is 0 Å². The van der Waals surface area contributed by atoms with Gasteiger partial charge in [0.15, 0.2) is 5.58 Å². The summed E-state index contributed by atoms with van der Waals surface area (Å²) >= 11 is 0. The van der Waals surface area contributed by atoms with E-state index in [-0.39, 0.29) is 18.4 Å². The van der Waals surface area contributed by atoms with Crippen molar-refractivity contribution in [3.8, 4) is 0 Å². The highest BCUT2D eigenvalue weighted by Crippen LogP contribution is 2.43. The van der Waals surface area contributed by atoms with Crippen LogP contribution in [0.15, 0.2) is 51.7 Å². The first-order valence-corrected chi connectivity index (χ1v) is 14.5. The first-order chi connectivity index (χ1) is 20.2. The molecule has 12 heteroatoms. The average molecular weight is 577 g/mol. The molecule has 2 saturated heterocycles. The fourth-order valence-corrected chi connectivity index (χ4v) is 6.27. The summed E-state index contributed by atoms with van der Waals surface area (Å²) in [5.74, 6) is -0.687. The van der Waals surface area contributed by atoms with Crippen LogP contribution >= 0.6 is 0 Å². The highest BCUT2D eigenvalue weighted by atomic mass is 16.6. The molecule has 0 radical (unpaired) electrons. The number of ether oxygens (including phenoxy) is 1. The zero-order valence-corrected chi connectivity index (χ0v) is 23.9. The third-order valence-corrected chi connectivity index (χ3v) is 8.68. The van der Waals surface area contributed by atoms with Gasteiger partial charge in [0.05, 0.1) is 11.2 Å². The molecule has 3 aliphatic heterocycles. The number of urea groups is 1. The van der Waals surface area contributed by atoms with E-state index in [9.17, 15) is 19.2 Å². The Hall–Kier alpha value is -4.32. The molecular weight excluding hydrogens is 540 g/mol. The molecule has 1 unspecified atom stereocenters. The molecule has 3 aromatic rings. The van der Waals surface area contributed by atoms with Gasteiger partial charge in [-0.3, -0.25) is 20.0 Å². The Labute approximate surface area is 243 Å². The summed E-state index contributed by atoms with van der Waals surface area (Å²) in [6, 6.07) is 12.1. The van der Waals surface area contributed by atoms with E-state index in [2.05, 4.69) is 34.4 Å². The number of fused-ring (bicyclic) bond motifs is 3. The number of benzene rings is 2. The summed E-state index contributed by atoms with van der Waals surface area (Å²) in [5, 5.41) is 5.76. The number of amides is 4. The Morgan fingerprint density at radius 1 is 0.976 bits per heavy atom. The van der Waals surface area contributed by atoms with E-state index in [1.807, 2.05) is 35.2 Å². The van der Waals surface area contributed by atoms with Crippen LogP contribution in [0.2, 0.25) is 0 Å². The number of carbonyl (C=O) groups excluding carboxylic acids is 3. The summed E-state index contributed by atoms with van der Waals surface area (Å²) in [6.45, 7) is 7.72. The summed E-state index contributed by atoms with van der Waals surface area (Å²) < 4.78 is 11.0. The van der Waals surface area contributed by atoms with Gasteiger partial charge in [0.25, 0.3) is 0 Å². The van der Waals surface area contributed by atoms with E-state index < -0.39 is 23.5 Å². The number of nitrogens with one attached hydrogen (secondary N) is 3. The summed E-state index contributed by atoms with van der Waals surface area (Å²) in [7, 11) is 0. The fourth-order valence-electron chi connectivity index (χ4n) is 6.27. The molecule has 222 valence electrons. The van der Waals surface area contributed by atoms with E-state index in [1.54, 1.807) is 17.0 Å². The topological polar surface area (TPSA) is 140 Å². The minimum Gasteiger partial charge on any atom is -0.438 e. The van der Waals surface area contributed by atoms with Gasteiger partial charge >= 0.3 is 17.9 Å². The average Bonchev–Trinajstić information content (AvgIpc) is 3.36. The number of oxazole rings is 1. The third kappa shape index (κ3) is 5.46. The number of anilines is 1. The van der Waals surface area contributed by atoms with Crippen LogP contribution in [0.1, 0.15) is 37.8 Å². The minimum atomic E-state index is -0.806. The molecule has 4 heterocycles. The zero-order valence-electron chi connectivity index (χ0n) is 23.9. The maximum Gasteiger partial charge on any atom is 0.417 e. The molecule has 3 aliphatic rings. The van der Waals surface area contributed by atoms with Gasteiger partial charge in [0.2, 0.25) is 5.91 Å². The normalized spacial score (nSPS) is 19.4. The monoisotopic (exact) mass is 576 g/mol. The van der Waals surface area contributed by atoms with Crippen molar-refractivity contribution < 1.29 is 23.5 Å². The number of aromatic nitrogens is 1. The van der Waals surface area contributed by atoms with Gasteiger partial charge in [0, 0.05) is 70.1 Å². The fraction of sp³-hybridized carbons (Fsp3) is 0.467. The van der Waals surface area contributed by atoms with Crippen molar-refractivity contribution in [1.29, 1.82) is 0 Å². The number of piperidine rings is 1. The lowest BCUT2D eigenvalue weighted by atomic mass is 9.82. The second-order valence-electron chi connectivity index (χ2n) is 11.5. The molecule has 2 fully saturated rings. The van der Waals surface area contributed by atoms with Gasteiger partial charge < -0.3 is 24.3 Å². The molecule has 2 aromatic carbocycles. The standard InChI is InChI=1S/C30H36N6O6/c1-19(2)34-13-15-35(16-14-34)26(37)24(17-20-7-8-23-25(18-20)41-28(39)33-23)31-27(38)36-11-9-30(10-12-36)21-5-3-4-6-22(21)32-29(40)42-30/h3-8,18-19,24H,9-17H2,1-2H3,(H,31,38)(H,32,40)(H,33,39). The number of aromatic amines is 1. The second-order valence-corrected chi connectivity index (χ2v) is 11.5. The number of rotatable bonds is 5. The SMILES string of the molecule is CC(C)N1CCN(C(=O)C(Cc2ccc3[nH]c(=O)oc3c2)NC(=O)N2CCC3(CC2)OC(=O)Nc2ccccc23)CC1. The highest BCUT2D eigenvalue weighted by molar-refractivity contribution is 5.89. The molecule has 1 atom stereocenters. The number of nitrogens with zero attached hydrogens (tertiary/aromatic N) is 3. The van der Waals surface area contributed by atoms with E-state index >= 15 is 0 Å². The lowest BCUT2D eigenvalue weighted by molar-refractivity contribution is -0.135. The molecule has 1 spiro atoms. The van der Waals surface area contributed by atoms with Crippen LogP contribution in [0.5, 0.6) is 0 Å². The van der Waals surface area contributed by atoms with E-state index in [1.165, 1.54) is 0 Å².